The second-order valence-corrected chi connectivity index (χ2v) is 0. The molecule has 0 aliphatic rings. The molecule has 0 fully saturated rings. The summed E-state index contributed by atoms with van der Waals surface area (Å²) in [5.74, 6) is 0. The molecule has 0 aromatic heterocycles. The molecular weight excluding hydrogens is 315 g/mol. The minimum Gasteiger partial charge on any atom is 0 e. The van der Waals surface area contributed by atoms with Crippen LogP contribution in [0, 0.1) is 35.6 Å². The van der Waals surface area contributed by atoms with Crippen molar-refractivity contribution in [3.63, 3.8) is 0 Å². The average Bonchev–Trinajstić information content (AvgIpc) is 1.00. The molecule has 0 aliphatic carbocycles. The van der Waals surface area contributed by atoms with Gasteiger partial charge in [-0.15, -0.1) is 0 Å². The second-order valence-electron chi connectivity index (χ2n) is 0. The Labute approximate surface area is 99.3 Å². The molecule has 0 spiro atoms. The molecule has 0 bridgehead atoms. The van der Waals surface area contributed by atoms with E-state index in [1.165, 1.54) is 10.1 Å². The van der Waals surface area contributed by atoms with E-state index in [9.17, 15) is 0 Å². The molecule has 0 atom stereocenters. The molecular formula is H7BBaLaSi. The van der Waals surface area contributed by atoms with Crippen molar-refractivity contribution < 1.29 is 35.6 Å². The molecule has 19 valence electrons. The van der Waals surface area contributed by atoms with Gasteiger partial charge in [-0.3, -0.25) is 0 Å². The van der Waals surface area contributed by atoms with Crippen molar-refractivity contribution in [2.75, 3.05) is 0 Å². The fourth-order valence-corrected chi connectivity index (χ4v) is 0. The molecule has 4 heteroatoms. The van der Waals surface area contributed by atoms with Crippen LogP contribution < -0.4 is 0 Å². The third-order valence-electron chi connectivity index (χ3n) is 0. The van der Waals surface area contributed by atoms with Crippen LogP contribution in [0.1, 0.15) is 0 Å². The summed E-state index contributed by atoms with van der Waals surface area (Å²) in [5, 5.41) is 0. The van der Waals surface area contributed by atoms with Crippen LogP contribution in [0.2, 0.25) is 0 Å². The smallest absolute Gasteiger partial charge is 0 e. The van der Waals surface area contributed by atoms with E-state index in [1.54, 1.807) is 0 Å². The van der Waals surface area contributed by atoms with Crippen molar-refractivity contribution in [1.29, 1.82) is 0 Å². The Hall–Kier alpha value is 3.05. The van der Waals surface area contributed by atoms with Crippen molar-refractivity contribution in [3.05, 3.63) is 0 Å². The van der Waals surface area contributed by atoms with E-state index in [0.29, 0.717) is 0 Å². The van der Waals surface area contributed by atoms with Gasteiger partial charge in [-0.1, -0.05) is 0 Å². The van der Waals surface area contributed by atoms with Gasteiger partial charge in [0.15, 0.2) is 0 Å². The van der Waals surface area contributed by atoms with Crippen LogP contribution in [0.4, 0.5) is 0 Å². The van der Waals surface area contributed by atoms with Gasteiger partial charge in [0.1, 0.15) is 0 Å². The van der Waals surface area contributed by atoms with Crippen LogP contribution >= 0.6 is 0 Å². The maximum Gasteiger partial charge on any atom is 0 e. The largest absolute Gasteiger partial charge is 0 e. The fraction of sp³-hybridized carbons (Fsp3) is 0. The molecule has 0 saturated carbocycles. The number of rotatable bonds is 0. The van der Waals surface area contributed by atoms with Gasteiger partial charge < -0.3 is 0 Å². The van der Waals surface area contributed by atoms with E-state index < -0.39 is 0 Å². The number of hydrogen-bond donors (Lipinski definition) is 0. The Morgan fingerprint density at radius 1 is 1.25 bits per heavy atom. The quantitative estimate of drug-likeness (QED) is 0.417. The maximum atomic E-state index is 2.14. The molecule has 0 aliphatic heterocycles. The Balaban J connectivity index is -0.00000000500. The van der Waals surface area contributed by atoms with Crippen molar-refractivity contribution in [2.24, 2.45) is 0 Å². The van der Waals surface area contributed by atoms with Crippen LogP contribution in [-0.2, 0) is 0 Å². The van der Waals surface area contributed by atoms with Gasteiger partial charge in [-0.05, 0) is 10.1 Å². The van der Waals surface area contributed by atoms with E-state index in [2.05, 4.69) is 7.44 Å². The molecule has 0 nitrogen and oxygen atoms in total. The summed E-state index contributed by atoms with van der Waals surface area (Å²) in [5.41, 5.74) is 0. The summed E-state index contributed by atoms with van der Waals surface area (Å²) < 4.78 is 0. The molecule has 0 heterocycles. The van der Waals surface area contributed by atoms with Crippen molar-refractivity contribution in [1.82, 2.24) is 0 Å². The maximum absolute atomic E-state index is 2.14. The summed E-state index contributed by atoms with van der Waals surface area (Å²) in [6, 6.07) is 0. The Bertz CT molecular complexity index is 8.00. The van der Waals surface area contributed by atoms with Crippen LogP contribution in [-0.4, -0.2) is 66.4 Å². The molecule has 0 N–H and O–H groups in total. The first-order valence-electron chi connectivity index (χ1n) is 1.00. The molecule has 0 saturated heterocycles. The monoisotopic (exact) mass is 323 g/mol. The van der Waals surface area contributed by atoms with E-state index in [4.69, 9.17) is 0 Å². The fourth-order valence-electron chi connectivity index (χ4n) is 0. The normalized spacial score (nSPS) is 2.00. The zero-order valence-electron chi connectivity index (χ0n) is 2.58. The minimum atomic E-state index is 0. The van der Waals surface area contributed by atoms with Gasteiger partial charge >= 0.3 is 48.9 Å². The first kappa shape index (κ1) is 15.7. The predicted octanol–water partition coefficient (Wildman–Crippen LogP) is -3.02. The van der Waals surface area contributed by atoms with Gasteiger partial charge in [0.2, 0.25) is 0 Å². The SMILES string of the molecule is B[SiH3].[BaH2].[La]. The Kier molecular flexibility index (Phi) is 65.2. The van der Waals surface area contributed by atoms with E-state index in [0.717, 1.165) is 0 Å². The molecule has 0 amide bonds. The van der Waals surface area contributed by atoms with Crippen LogP contribution in [0.3, 0.4) is 0 Å². The zero-order valence-corrected chi connectivity index (χ0v) is 8.20. The van der Waals surface area contributed by atoms with Crippen molar-refractivity contribution >= 4 is 66.4 Å². The first-order valence-corrected chi connectivity index (χ1v) is 3.00. The van der Waals surface area contributed by atoms with Crippen LogP contribution in [0.5, 0.6) is 0 Å². The third kappa shape index (κ3) is 8.90. The Morgan fingerprint density at radius 2 is 1.25 bits per heavy atom. The van der Waals surface area contributed by atoms with Gasteiger partial charge in [-0.25, -0.2) is 0 Å². The predicted molar refractivity (Wildman–Crippen MR) is 27.0 cm³/mol. The Morgan fingerprint density at radius 3 is 1.25 bits per heavy atom. The second kappa shape index (κ2) is 16.6. The molecule has 0 rings (SSSR count). The summed E-state index contributed by atoms with van der Waals surface area (Å²) in [6.07, 6.45) is 0. The van der Waals surface area contributed by atoms with Gasteiger partial charge in [0.05, 0.1) is 7.44 Å². The van der Waals surface area contributed by atoms with Gasteiger partial charge in [-0.2, -0.15) is 0 Å². The summed E-state index contributed by atoms with van der Waals surface area (Å²) >= 11 is 0. The van der Waals surface area contributed by atoms with Crippen molar-refractivity contribution in [2.45, 2.75) is 0 Å². The minimum absolute atomic E-state index is 0. The molecule has 0 aromatic carbocycles. The number of hydrogen-bond acceptors (Lipinski definition) is 0. The molecule has 4 heavy (non-hydrogen) atoms. The standard InChI is InChI=1S/BH5Si.Ba.La.2H/c1-2;;;;/h1H2,2H3;;;;. The van der Waals surface area contributed by atoms with E-state index >= 15 is 0 Å². The van der Waals surface area contributed by atoms with Crippen molar-refractivity contribution in [3.8, 4) is 0 Å². The molecule has 1 radical (unpaired) electrons. The topological polar surface area (TPSA) is 0 Å². The summed E-state index contributed by atoms with van der Waals surface area (Å²) in [7, 11) is 3.44. The van der Waals surface area contributed by atoms with E-state index in [1.807, 2.05) is 0 Å². The molecule has 0 unspecified atom stereocenters. The van der Waals surface area contributed by atoms with Crippen LogP contribution in [0.15, 0.2) is 0 Å². The average molecular weight is 322 g/mol. The van der Waals surface area contributed by atoms with Crippen LogP contribution in [0.25, 0.3) is 0 Å². The third-order valence-corrected chi connectivity index (χ3v) is 0. The van der Waals surface area contributed by atoms with Gasteiger partial charge in [0, 0.05) is 35.6 Å². The van der Waals surface area contributed by atoms with Gasteiger partial charge in [0.25, 0.3) is 0 Å². The summed E-state index contributed by atoms with van der Waals surface area (Å²) in [6.45, 7) is 0. The molecule has 0 aromatic rings. The van der Waals surface area contributed by atoms with E-state index in [-0.39, 0.29) is 84.5 Å². The summed E-state index contributed by atoms with van der Waals surface area (Å²) in [4.78, 5) is 0. The zero-order chi connectivity index (χ0) is 2.00. The first-order chi connectivity index (χ1) is 1.00.